The molecule has 1 heterocycles. The first-order chi connectivity index (χ1) is 9.20. The van der Waals surface area contributed by atoms with Gasteiger partial charge in [0.25, 0.3) is 0 Å². The normalized spacial score (nSPS) is 17.0. The number of benzene rings is 1. The molecule has 5 heteroatoms. The number of fused-ring (bicyclic) bond motifs is 1. The van der Waals surface area contributed by atoms with Crippen molar-refractivity contribution in [3.8, 4) is 11.5 Å². The van der Waals surface area contributed by atoms with Crippen LogP contribution >= 0.6 is 0 Å². The minimum Gasteiger partial charge on any atom is -0.486 e. The average molecular weight is 267 g/mol. The standard InChI is InChI=1S/C14H21NO4/c1-10(9-16)7-15-8-12(17)11-2-3-13-14(6-11)19-5-4-18-13/h2-3,6,10,12,15-17H,4-5,7-9H2,1H3. The minimum absolute atomic E-state index is 0.146. The second kappa shape index (κ2) is 6.75. The van der Waals surface area contributed by atoms with Crippen LogP contribution in [0.2, 0.25) is 0 Å². The number of rotatable bonds is 6. The van der Waals surface area contributed by atoms with Gasteiger partial charge in [0.15, 0.2) is 11.5 Å². The topological polar surface area (TPSA) is 71.0 Å². The first-order valence-corrected chi connectivity index (χ1v) is 6.60. The summed E-state index contributed by atoms with van der Waals surface area (Å²) in [5.41, 5.74) is 0.799. The lowest BCUT2D eigenvalue weighted by molar-refractivity contribution is 0.160. The van der Waals surface area contributed by atoms with Gasteiger partial charge >= 0.3 is 0 Å². The van der Waals surface area contributed by atoms with Crippen LogP contribution in [0.5, 0.6) is 11.5 Å². The number of hydrogen-bond donors (Lipinski definition) is 3. The van der Waals surface area contributed by atoms with E-state index in [1.165, 1.54) is 0 Å². The van der Waals surface area contributed by atoms with E-state index in [2.05, 4.69) is 5.32 Å². The third-order valence-corrected chi connectivity index (χ3v) is 3.09. The summed E-state index contributed by atoms with van der Waals surface area (Å²) < 4.78 is 10.9. The Hall–Kier alpha value is -1.30. The lowest BCUT2D eigenvalue weighted by atomic mass is 10.1. The first kappa shape index (κ1) is 14.1. The fourth-order valence-corrected chi connectivity index (χ4v) is 1.92. The summed E-state index contributed by atoms with van der Waals surface area (Å²) >= 11 is 0. The Morgan fingerprint density at radius 3 is 2.68 bits per heavy atom. The van der Waals surface area contributed by atoms with Crippen molar-refractivity contribution in [1.82, 2.24) is 5.32 Å². The van der Waals surface area contributed by atoms with Crippen molar-refractivity contribution >= 4 is 0 Å². The third-order valence-electron chi connectivity index (χ3n) is 3.09. The summed E-state index contributed by atoms with van der Waals surface area (Å²) in [6, 6.07) is 5.48. The number of ether oxygens (including phenoxy) is 2. The zero-order chi connectivity index (χ0) is 13.7. The van der Waals surface area contributed by atoms with E-state index >= 15 is 0 Å². The molecule has 1 aliphatic heterocycles. The van der Waals surface area contributed by atoms with E-state index < -0.39 is 6.10 Å². The van der Waals surface area contributed by atoms with Gasteiger partial charge in [0.1, 0.15) is 13.2 Å². The lowest BCUT2D eigenvalue weighted by Gasteiger charge is -2.20. The second-order valence-corrected chi connectivity index (χ2v) is 4.86. The van der Waals surface area contributed by atoms with Crippen LogP contribution in [0, 0.1) is 5.92 Å². The van der Waals surface area contributed by atoms with Crippen LogP contribution in [0.3, 0.4) is 0 Å². The lowest BCUT2D eigenvalue weighted by Crippen LogP contribution is -2.27. The zero-order valence-electron chi connectivity index (χ0n) is 11.1. The predicted molar refractivity (Wildman–Crippen MR) is 71.5 cm³/mol. The molecule has 0 radical (unpaired) electrons. The van der Waals surface area contributed by atoms with Crippen molar-refractivity contribution in [2.45, 2.75) is 13.0 Å². The number of aliphatic hydroxyl groups excluding tert-OH is 2. The van der Waals surface area contributed by atoms with Crippen LogP contribution in [0.1, 0.15) is 18.6 Å². The highest BCUT2D eigenvalue weighted by atomic mass is 16.6. The molecule has 2 atom stereocenters. The molecule has 0 spiro atoms. The van der Waals surface area contributed by atoms with Crippen LogP contribution < -0.4 is 14.8 Å². The summed E-state index contributed by atoms with van der Waals surface area (Å²) in [5.74, 6) is 1.60. The molecule has 106 valence electrons. The van der Waals surface area contributed by atoms with Crippen molar-refractivity contribution in [3.63, 3.8) is 0 Å². The van der Waals surface area contributed by atoms with E-state index in [1.807, 2.05) is 25.1 Å². The molecule has 1 aromatic rings. The summed E-state index contributed by atoms with van der Waals surface area (Å²) in [6.07, 6.45) is -0.596. The van der Waals surface area contributed by atoms with E-state index in [0.29, 0.717) is 32.1 Å². The molecule has 0 saturated heterocycles. The van der Waals surface area contributed by atoms with Crippen LogP contribution in [0.4, 0.5) is 0 Å². The highest BCUT2D eigenvalue weighted by molar-refractivity contribution is 5.44. The minimum atomic E-state index is -0.596. The van der Waals surface area contributed by atoms with Gasteiger partial charge in [-0.15, -0.1) is 0 Å². The molecule has 3 N–H and O–H groups in total. The maximum atomic E-state index is 10.1. The van der Waals surface area contributed by atoms with Crippen molar-refractivity contribution in [3.05, 3.63) is 23.8 Å². The SMILES string of the molecule is CC(CO)CNCC(O)c1ccc2c(c1)OCCO2. The Kier molecular flexibility index (Phi) is 5.01. The van der Waals surface area contributed by atoms with Gasteiger partial charge in [-0.3, -0.25) is 0 Å². The first-order valence-electron chi connectivity index (χ1n) is 6.60. The fourth-order valence-electron chi connectivity index (χ4n) is 1.92. The van der Waals surface area contributed by atoms with Crippen molar-refractivity contribution < 1.29 is 19.7 Å². The Morgan fingerprint density at radius 2 is 1.95 bits per heavy atom. The van der Waals surface area contributed by atoms with E-state index in [-0.39, 0.29) is 12.5 Å². The molecule has 2 unspecified atom stereocenters. The smallest absolute Gasteiger partial charge is 0.161 e. The summed E-state index contributed by atoms with van der Waals surface area (Å²) in [6.45, 7) is 4.33. The van der Waals surface area contributed by atoms with E-state index in [1.54, 1.807) is 0 Å². The Balaban J connectivity index is 1.90. The predicted octanol–water partition coefficient (Wildman–Crippen LogP) is 0.709. The van der Waals surface area contributed by atoms with Gasteiger partial charge < -0.3 is 25.0 Å². The highest BCUT2D eigenvalue weighted by Gasteiger charge is 2.15. The van der Waals surface area contributed by atoms with Crippen LogP contribution in [-0.2, 0) is 0 Å². The highest BCUT2D eigenvalue weighted by Crippen LogP contribution is 2.32. The number of nitrogens with one attached hydrogen (secondary N) is 1. The Bertz CT molecular complexity index is 410. The van der Waals surface area contributed by atoms with Gasteiger partial charge in [-0.05, 0) is 30.2 Å². The third kappa shape index (κ3) is 3.83. The molecule has 5 nitrogen and oxygen atoms in total. The van der Waals surface area contributed by atoms with E-state index in [4.69, 9.17) is 14.6 Å². The van der Waals surface area contributed by atoms with Crippen molar-refractivity contribution in [1.29, 1.82) is 0 Å². The van der Waals surface area contributed by atoms with Gasteiger partial charge in [0.2, 0.25) is 0 Å². The maximum Gasteiger partial charge on any atom is 0.161 e. The molecule has 0 aromatic heterocycles. The van der Waals surface area contributed by atoms with Crippen LogP contribution in [-0.4, -0.2) is 43.1 Å². The largest absolute Gasteiger partial charge is 0.486 e. The van der Waals surface area contributed by atoms with E-state index in [0.717, 1.165) is 11.3 Å². The molecule has 0 saturated carbocycles. The quantitative estimate of drug-likeness (QED) is 0.708. The van der Waals surface area contributed by atoms with Gasteiger partial charge in [0.05, 0.1) is 6.10 Å². The monoisotopic (exact) mass is 267 g/mol. The maximum absolute atomic E-state index is 10.1. The number of hydrogen-bond acceptors (Lipinski definition) is 5. The van der Waals surface area contributed by atoms with Gasteiger partial charge in [-0.25, -0.2) is 0 Å². The molecule has 1 aromatic carbocycles. The average Bonchev–Trinajstić information content (AvgIpc) is 2.46. The molecule has 0 fully saturated rings. The van der Waals surface area contributed by atoms with Crippen molar-refractivity contribution in [2.24, 2.45) is 5.92 Å². The van der Waals surface area contributed by atoms with Gasteiger partial charge in [-0.2, -0.15) is 0 Å². The Morgan fingerprint density at radius 1 is 1.21 bits per heavy atom. The van der Waals surface area contributed by atoms with Crippen LogP contribution in [0.25, 0.3) is 0 Å². The molecule has 19 heavy (non-hydrogen) atoms. The summed E-state index contributed by atoms with van der Waals surface area (Å²) in [4.78, 5) is 0. The van der Waals surface area contributed by atoms with Crippen LogP contribution in [0.15, 0.2) is 18.2 Å². The molecule has 0 amide bonds. The molecular weight excluding hydrogens is 246 g/mol. The van der Waals surface area contributed by atoms with Gasteiger partial charge in [0, 0.05) is 13.2 Å². The van der Waals surface area contributed by atoms with Gasteiger partial charge in [-0.1, -0.05) is 13.0 Å². The zero-order valence-corrected chi connectivity index (χ0v) is 11.1. The molecule has 1 aliphatic rings. The summed E-state index contributed by atoms with van der Waals surface area (Å²) in [7, 11) is 0. The molecule has 0 bridgehead atoms. The van der Waals surface area contributed by atoms with Crippen molar-refractivity contribution in [2.75, 3.05) is 32.9 Å². The summed E-state index contributed by atoms with van der Waals surface area (Å²) in [5, 5.41) is 22.1. The molecular formula is C14H21NO4. The molecule has 0 aliphatic carbocycles. The second-order valence-electron chi connectivity index (χ2n) is 4.86. The fraction of sp³-hybridized carbons (Fsp3) is 0.571. The van der Waals surface area contributed by atoms with E-state index in [9.17, 15) is 5.11 Å². The molecule has 2 rings (SSSR count). The number of aliphatic hydroxyl groups is 2. The Labute approximate surface area is 113 Å².